The fourth-order valence-electron chi connectivity index (χ4n) is 2.13. The van der Waals surface area contributed by atoms with E-state index < -0.39 is 23.2 Å². The molecule has 1 aromatic rings. The zero-order valence-electron chi connectivity index (χ0n) is 10.1. The highest BCUT2D eigenvalue weighted by Crippen LogP contribution is 2.33. The number of carboxylic acid groups (broad SMARTS) is 1. The van der Waals surface area contributed by atoms with Gasteiger partial charge in [0, 0.05) is 6.54 Å². The summed E-state index contributed by atoms with van der Waals surface area (Å²) in [4.78, 5) is 11.1. The second-order valence-corrected chi connectivity index (χ2v) is 4.79. The predicted molar refractivity (Wildman–Crippen MR) is 62.5 cm³/mol. The first kappa shape index (κ1) is 13.9. The molecule has 0 spiro atoms. The van der Waals surface area contributed by atoms with Gasteiger partial charge in [0.1, 0.15) is 5.54 Å². The standard InChI is InChI=1S/C13H14F3NO2/c14-13(15,16)10-4-1-3-9(7-10)8-17-12(11(18)19)5-2-6-12/h1,3-4,7,17H,2,5-6,8H2,(H,18,19). The van der Waals surface area contributed by atoms with Gasteiger partial charge in [-0.15, -0.1) is 0 Å². The minimum atomic E-state index is -4.38. The predicted octanol–water partition coefficient (Wildman–Crippen LogP) is 2.80. The quantitative estimate of drug-likeness (QED) is 0.886. The van der Waals surface area contributed by atoms with E-state index in [0.717, 1.165) is 18.6 Å². The summed E-state index contributed by atoms with van der Waals surface area (Å²) in [6, 6.07) is 4.92. The van der Waals surface area contributed by atoms with Crippen molar-refractivity contribution in [3.8, 4) is 0 Å². The fourth-order valence-corrected chi connectivity index (χ4v) is 2.13. The smallest absolute Gasteiger partial charge is 0.416 e. The van der Waals surface area contributed by atoms with Crippen LogP contribution >= 0.6 is 0 Å². The largest absolute Gasteiger partial charge is 0.480 e. The Labute approximate surface area is 108 Å². The molecule has 0 amide bonds. The molecule has 0 bridgehead atoms. The van der Waals surface area contributed by atoms with Crippen LogP contribution in [0.4, 0.5) is 13.2 Å². The number of alkyl halides is 3. The number of nitrogens with one attached hydrogen (secondary N) is 1. The lowest BCUT2D eigenvalue weighted by atomic mass is 9.76. The molecule has 1 saturated carbocycles. The maximum atomic E-state index is 12.5. The summed E-state index contributed by atoms with van der Waals surface area (Å²) in [6.45, 7) is 0.121. The number of hydrogen-bond acceptors (Lipinski definition) is 2. The van der Waals surface area contributed by atoms with Crippen molar-refractivity contribution in [2.45, 2.75) is 37.5 Å². The lowest BCUT2D eigenvalue weighted by molar-refractivity contribution is -0.149. The molecule has 6 heteroatoms. The van der Waals surface area contributed by atoms with Gasteiger partial charge in [0.25, 0.3) is 0 Å². The minimum absolute atomic E-state index is 0.121. The SMILES string of the molecule is O=C(O)C1(NCc2cccc(C(F)(F)F)c2)CCC1. The van der Waals surface area contributed by atoms with Gasteiger partial charge in [0.2, 0.25) is 0 Å². The van der Waals surface area contributed by atoms with Crippen LogP contribution in [-0.2, 0) is 17.5 Å². The van der Waals surface area contributed by atoms with E-state index in [1.807, 2.05) is 0 Å². The van der Waals surface area contributed by atoms with Crippen LogP contribution in [0.15, 0.2) is 24.3 Å². The summed E-state index contributed by atoms with van der Waals surface area (Å²) in [6.07, 6.45) is -2.53. The Hall–Kier alpha value is -1.56. The third-order valence-corrected chi connectivity index (χ3v) is 3.50. The molecule has 104 valence electrons. The molecular weight excluding hydrogens is 259 g/mol. The Balaban J connectivity index is 2.06. The van der Waals surface area contributed by atoms with E-state index in [1.54, 1.807) is 6.07 Å². The molecule has 0 unspecified atom stereocenters. The van der Waals surface area contributed by atoms with Crippen molar-refractivity contribution in [3.63, 3.8) is 0 Å². The Bertz CT molecular complexity index is 481. The molecule has 1 aromatic carbocycles. The highest BCUT2D eigenvalue weighted by Gasteiger charge is 2.43. The lowest BCUT2D eigenvalue weighted by Crippen LogP contribution is -2.56. The zero-order valence-corrected chi connectivity index (χ0v) is 10.1. The van der Waals surface area contributed by atoms with Crippen LogP contribution in [0.25, 0.3) is 0 Å². The molecule has 0 saturated heterocycles. The number of rotatable bonds is 4. The van der Waals surface area contributed by atoms with E-state index in [1.165, 1.54) is 6.07 Å². The van der Waals surface area contributed by atoms with Crippen molar-refractivity contribution >= 4 is 5.97 Å². The summed E-state index contributed by atoms with van der Waals surface area (Å²) >= 11 is 0. The average Bonchev–Trinajstić information content (AvgIpc) is 2.26. The molecule has 0 aliphatic heterocycles. The first-order valence-electron chi connectivity index (χ1n) is 5.98. The number of carboxylic acids is 1. The van der Waals surface area contributed by atoms with Crippen molar-refractivity contribution in [2.24, 2.45) is 0 Å². The van der Waals surface area contributed by atoms with Crippen LogP contribution in [0.2, 0.25) is 0 Å². The van der Waals surface area contributed by atoms with Crippen molar-refractivity contribution < 1.29 is 23.1 Å². The van der Waals surface area contributed by atoms with Crippen LogP contribution < -0.4 is 5.32 Å². The van der Waals surface area contributed by atoms with E-state index >= 15 is 0 Å². The van der Waals surface area contributed by atoms with Gasteiger partial charge in [-0.1, -0.05) is 18.2 Å². The van der Waals surface area contributed by atoms with Crippen molar-refractivity contribution in [2.75, 3.05) is 0 Å². The van der Waals surface area contributed by atoms with Crippen molar-refractivity contribution in [3.05, 3.63) is 35.4 Å². The Morgan fingerprint density at radius 1 is 1.37 bits per heavy atom. The molecule has 3 nitrogen and oxygen atoms in total. The van der Waals surface area contributed by atoms with Gasteiger partial charge in [-0.25, -0.2) is 0 Å². The van der Waals surface area contributed by atoms with Crippen LogP contribution in [-0.4, -0.2) is 16.6 Å². The van der Waals surface area contributed by atoms with Gasteiger partial charge >= 0.3 is 12.1 Å². The number of benzene rings is 1. The summed E-state index contributed by atoms with van der Waals surface area (Å²) in [5.41, 5.74) is -1.25. The maximum Gasteiger partial charge on any atom is 0.416 e. The molecule has 0 aromatic heterocycles. The molecule has 0 atom stereocenters. The van der Waals surface area contributed by atoms with E-state index in [9.17, 15) is 18.0 Å². The van der Waals surface area contributed by atoms with Gasteiger partial charge in [-0.3, -0.25) is 10.1 Å². The summed E-state index contributed by atoms with van der Waals surface area (Å²) in [7, 11) is 0. The molecule has 2 rings (SSSR count). The molecule has 19 heavy (non-hydrogen) atoms. The maximum absolute atomic E-state index is 12.5. The van der Waals surface area contributed by atoms with E-state index in [4.69, 9.17) is 5.11 Å². The molecule has 1 aliphatic rings. The Kier molecular flexibility index (Phi) is 3.54. The Morgan fingerprint density at radius 3 is 2.53 bits per heavy atom. The number of carbonyl (C=O) groups is 1. The lowest BCUT2D eigenvalue weighted by Gasteiger charge is -2.38. The normalized spacial score (nSPS) is 17.8. The molecule has 2 N–H and O–H groups in total. The second-order valence-electron chi connectivity index (χ2n) is 4.79. The third-order valence-electron chi connectivity index (χ3n) is 3.50. The van der Waals surface area contributed by atoms with E-state index in [2.05, 4.69) is 5.32 Å². The topological polar surface area (TPSA) is 49.3 Å². The number of halogens is 3. The van der Waals surface area contributed by atoms with Gasteiger partial charge in [-0.05, 0) is 30.9 Å². The summed E-state index contributed by atoms with van der Waals surface area (Å²) in [5, 5.41) is 12.0. The van der Waals surface area contributed by atoms with Crippen LogP contribution in [0, 0.1) is 0 Å². The Morgan fingerprint density at radius 2 is 2.05 bits per heavy atom. The van der Waals surface area contributed by atoms with Crippen LogP contribution in [0.5, 0.6) is 0 Å². The summed E-state index contributed by atoms with van der Waals surface area (Å²) < 4.78 is 37.6. The minimum Gasteiger partial charge on any atom is -0.480 e. The highest BCUT2D eigenvalue weighted by molar-refractivity contribution is 5.79. The first-order chi connectivity index (χ1) is 8.83. The first-order valence-corrected chi connectivity index (χ1v) is 5.98. The monoisotopic (exact) mass is 273 g/mol. The fraction of sp³-hybridized carbons (Fsp3) is 0.462. The van der Waals surface area contributed by atoms with E-state index in [0.29, 0.717) is 18.4 Å². The molecule has 1 aliphatic carbocycles. The van der Waals surface area contributed by atoms with Gasteiger partial charge in [0.15, 0.2) is 0 Å². The van der Waals surface area contributed by atoms with Crippen LogP contribution in [0.3, 0.4) is 0 Å². The molecule has 0 heterocycles. The molecular formula is C13H14F3NO2. The van der Waals surface area contributed by atoms with Gasteiger partial charge in [-0.2, -0.15) is 13.2 Å². The number of hydrogen-bond donors (Lipinski definition) is 2. The highest BCUT2D eigenvalue weighted by atomic mass is 19.4. The average molecular weight is 273 g/mol. The number of aliphatic carboxylic acids is 1. The van der Waals surface area contributed by atoms with Gasteiger partial charge < -0.3 is 5.11 Å². The summed E-state index contributed by atoms with van der Waals surface area (Å²) in [5.74, 6) is -0.939. The third kappa shape index (κ3) is 2.89. The molecule has 1 fully saturated rings. The second kappa shape index (κ2) is 4.85. The van der Waals surface area contributed by atoms with Gasteiger partial charge in [0.05, 0.1) is 5.56 Å². The van der Waals surface area contributed by atoms with Crippen molar-refractivity contribution in [1.29, 1.82) is 0 Å². The zero-order chi connectivity index (χ0) is 14.1. The van der Waals surface area contributed by atoms with Crippen LogP contribution in [0.1, 0.15) is 30.4 Å². The molecule has 0 radical (unpaired) electrons. The van der Waals surface area contributed by atoms with Crippen molar-refractivity contribution in [1.82, 2.24) is 5.32 Å². The van der Waals surface area contributed by atoms with E-state index in [-0.39, 0.29) is 6.54 Å².